The lowest BCUT2D eigenvalue weighted by Crippen LogP contribution is -2.53. The molecule has 1 fully saturated rings. The van der Waals surface area contributed by atoms with Gasteiger partial charge in [0.05, 0.1) is 12.1 Å². The summed E-state index contributed by atoms with van der Waals surface area (Å²) >= 11 is 0. The maximum atomic E-state index is 11.9. The highest BCUT2D eigenvalue weighted by Gasteiger charge is 2.30. The lowest BCUT2D eigenvalue weighted by Gasteiger charge is -2.35. The second kappa shape index (κ2) is 4.87. The fraction of sp³-hybridized carbons (Fsp3) is 0.667. The van der Waals surface area contributed by atoms with Crippen LogP contribution in [0.25, 0.3) is 0 Å². The number of hydrogen-bond acceptors (Lipinski definition) is 3. The quantitative estimate of drug-likeness (QED) is 0.852. The Balaban J connectivity index is 2.05. The molecule has 0 atom stereocenters. The van der Waals surface area contributed by atoms with Gasteiger partial charge in [-0.15, -0.1) is 0 Å². The van der Waals surface area contributed by atoms with Gasteiger partial charge in [0.25, 0.3) is 5.91 Å². The average molecular weight is 237 g/mol. The van der Waals surface area contributed by atoms with E-state index in [0.29, 0.717) is 24.8 Å². The summed E-state index contributed by atoms with van der Waals surface area (Å²) in [6.45, 7) is 5.08. The second-order valence-electron chi connectivity index (χ2n) is 4.52. The van der Waals surface area contributed by atoms with E-state index in [1.165, 1.54) is 0 Å². The number of carbonyl (C=O) groups excluding carboxylic acids is 1. The van der Waals surface area contributed by atoms with Crippen molar-refractivity contribution in [3.8, 4) is 0 Å². The number of rotatable bonds is 4. The molecule has 0 bridgehead atoms. The van der Waals surface area contributed by atoms with Crippen LogP contribution in [0.3, 0.4) is 0 Å². The Kier molecular flexibility index (Phi) is 3.47. The number of carbonyl (C=O) groups is 1. The number of β-amino-alcohol motifs (C(OH)–C–C–N with tert-alkyl or cyclic N) is 1. The standard InChI is InChI=1S/C12H19N3O2/c1-3-9(4-2)15-6-5-11(13-15)12(17)14-7-10(16)8-14/h5-6,9-10,16H,3-4,7-8H2,1-2H3. The molecule has 1 aliphatic heterocycles. The van der Waals surface area contributed by atoms with Crippen LogP contribution in [0, 0.1) is 0 Å². The van der Waals surface area contributed by atoms with E-state index in [1.807, 2.05) is 10.9 Å². The lowest BCUT2D eigenvalue weighted by atomic mass is 10.1. The molecule has 1 amide bonds. The summed E-state index contributed by atoms with van der Waals surface area (Å²) in [6.07, 6.45) is 3.52. The molecule has 0 unspecified atom stereocenters. The summed E-state index contributed by atoms with van der Waals surface area (Å²) in [5.41, 5.74) is 0.476. The Morgan fingerprint density at radius 1 is 1.53 bits per heavy atom. The predicted octanol–water partition coefficient (Wildman–Crippen LogP) is 1.06. The molecule has 2 rings (SSSR count). The smallest absolute Gasteiger partial charge is 0.274 e. The van der Waals surface area contributed by atoms with Gasteiger partial charge in [0.1, 0.15) is 5.69 Å². The van der Waals surface area contributed by atoms with Crippen LogP contribution >= 0.6 is 0 Å². The number of amides is 1. The van der Waals surface area contributed by atoms with Gasteiger partial charge in [-0.25, -0.2) is 0 Å². The second-order valence-corrected chi connectivity index (χ2v) is 4.52. The van der Waals surface area contributed by atoms with Gasteiger partial charge >= 0.3 is 0 Å². The van der Waals surface area contributed by atoms with E-state index in [-0.39, 0.29) is 12.0 Å². The highest BCUT2D eigenvalue weighted by Crippen LogP contribution is 2.16. The SMILES string of the molecule is CCC(CC)n1ccc(C(=O)N2CC(O)C2)n1. The Hall–Kier alpha value is -1.36. The van der Waals surface area contributed by atoms with Crippen LogP contribution in [-0.4, -0.2) is 44.9 Å². The maximum Gasteiger partial charge on any atom is 0.274 e. The van der Waals surface area contributed by atoms with Crippen LogP contribution in [0.4, 0.5) is 0 Å². The molecule has 2 heterocycles. The zero-order valence-electron chi connectivity index (χ0n) is 10.3. The van der Waals surface area contributed by atoms with Gasteiger partial charge in [0, 0.05) is 19.3 Å². The Labute approximate surface area is 101 Å². The predicted molar refractivity (Wildman–Crippen MR) is 63.8 cm³/mol. The van der Waals surface area contributed by atoms with E-state index >= 15 is 0 Å². The third-order valence-electron chi connectivity index (χ3n) is 3.29. The highest BCUT2D eigenvalue weighted by atomic mass is 16.3. The van der Waals surface area contributed by atoms with Crippen molar-refractivity contribution in [1.82, 2.24) is 14.7 Å². The first-order chi connectivity index (χ1) is 8.15. The number of aromatic nitrogens is 2. The minimum atomic E-state index is -0.361. The van der Waals surface area contributed by atoms with E-state index < -0.39 is 0 Å². The molecule has 5 heteroatoms. The van der Waals surface area contributed by atoms with Gasteiger partial charge in [0.2, 0.25) is 0 Å². The zero-order valence-corrected chi connectivity index (χ0v) is 10.3. The van der Waals surface area contributed by atoms with Crippen LogP contribution in [0.1, 0.15) is 43.2 Å². The van der Waals surface area contributed by atoms with Crippen LogP contribution < -0.4 is 0 Å². The van der Waals surface area contributed by atoms with Crippen molar-refractivity contribution in [2.24, 2.45) is 0 Å². The largest absolute Gasteiger partial charge is 0.389 e. The summed E-state index contributed by atoms with van der Waals surface area (Å²) in [7, 11) is 0. The molecule has 1 aromatic heterocycles. The van der Waals surface area contributed by atoms with E-state index in [2.05, 4.69) is 18.9 Å². The molecule has 1 aromatic rings. The third-order valence-corrected chi connectivity index (χ3v) is 3.29. The van der Waals surface area contributed by atoms with Crippen molar-refractivity contribution in [1.29, 1.82) is 0 Å². The van der Waals surface area contributed by atoms with Crippen molar-refractivity contribution < 1.29 is 9.90 Å². The number of hydrogen-bond donors (Lipinski definition) is 1. The van der Waals surface area contributed by atoms with E-state index in [1.54, 1.807) is 11.0 Å². The molecule has 0 aliphatic carbocycles. The van der Waals surface area contributed by atoms with Gasteiger partial charge in [-0.1, -0.05) is 13.8 Å². The molecular formula is C12H19N3O2. The Bertz CT molecular complexity index is 392. The molecular weight excluding hydrogens is 218 g/mol. The molecule has 1 saturated heterocycles. The fourth-order valence-electron chi connectivity index (χ4n) is 2.10. The summed E-state index contributed by atoms with van der Waals surface area (Å²) in [6, 6.07) is 2.12. The molecule has 1 N–H and O–H groups in total. The highest BCUT2D eigenvalue weighted by molar-refractivity contribution is 5.92. The monoisotopic (exact) mass is 237 g/mol. The van der Waals surface area contributed by atoms with Crippen molar-refractivity contribution in [3.63, 3.8) is 0 Å². The van der Waals surface area contributed by atoms with Crippen LogP contribution in [0.5, 0.6) is 0 Å². The number of likely N-dealkylation sites (tertiary alicyclic amines) is 1. The van der Waals surface area contributed by atoms with Crippen molar-refractivity contribution >= 4 is 5.91 Å². The molecule has 0 radical (unpaired) electrons. The molecule has 1 aliphatic rings. The summed E-state index contributed by atoms with van der Waals surface area (Å²) in [5, 5.41) is 13.5. The first-order valence-corrected chi connectivity index (χ1v) is 6.18. The molecule has 0 saturated carbocycles. The molecule has 17 heavy (non-hydrogen) atoms. The van der Waals surface area contributed by atoms with Crippen LogP contribution in [0.15, 0.2) is 12.3 Å². The molecule has 94 valence electrons. The van der Waals surface area contributed by atoms with E-state index in [4.69, 9.17) is 5.11 Å². The lowest BCUT2D eigenvalue weighted by molar-refractivity contribution is 0.00543. The van der Waals surface area contributed by atoms with E-state index in [0.717, 1.165) is 12.8 Å². The topological polar surface area (TPSA) is 58.4 Å². The molecule has 5 nitrogen and oxygen atoms in total. The minimum Gasteiger partial charge on any atom is -0.389 e. The summed E-state index contributed by atoms with van der Waals surface area (Å²) < 4.78 is 1.86. The summed E-state index contributed by atoms with van der Waals surface area (Å²) in [4.78, 5) is 13.5. The zero-order chi connectivity index (χ0) is 12.4. The van der Waals surface area contributed by atoms with Gasteiger partial charge in [-0.05, 0) is 18.9 Å². The Morgan fingerprint density at radius 3 is 2.71 bits per heavy atom. The first-order valence-electron chi connectivity index (χ1n) is 6.18. The number of nitrogens with zero attached hydrogens (tertiary/aromatic N) is 3. The van der Waals surface area contributed by atoms with E-state index in [9.17, 15) is 4.79 Å². The molecule has 0 aromatic carbocycles. The Morgan fingerprint density at radius 2 is 2.18 bits per heavy atom. The minimum absolute atomic E-state index is 0.0833. The molecule has 0 spiro atoms. The van der Waals surface area contributed by atoms with Gasteiger partial charge in [-0.3, -0.25) is 9.48 Å². The third kappa shape index (κ3) is 2.34. The van der Waals surface area contributed by atoms with Crippen LogP contribution in [0.2, 0.25) is 0 Å². The number of aliphatic hydroxyl groups excluding tert-OH is 1. The fourth-order valence-corrected chi connectivity index (χ4v) is 2.10. The number of aliphatic hydroxyl groups is 1. The van der Waals surface area contributed by atoms with Crippen molar-refractivity contribution in [3.05, 3.63) is 18.0 Å². The average Bonchev–Trinajstić information content (AvgIpc) is 2.75. The van der Waals surface area contributed by atoms with Crippen LogP contribution in [-0.2, 0) is 0 Å². The normalized spacial score (nSPS) is 16.4. The first kappa shape index (κ1) is 12.1. The van der Waals surface area contributed by atoms with Crippen molar-refractivity contribution in [2.75, 3.05) is 13.1 Å². The maximum absolute atomic E-state index is 11.9. The van der Waals surface area contributed by atoms with Gasteiger partial charge in [0.15, 0.2) is 0 Å². The van der Waals surface area contributed by atoms with Gasteiger partial charge in [-0.2, -0.15) is 5.10 Å². The van der Waals surface area contributed by atoms with Gasteiger partial charge < -0.3 is 10.0 Å². The van der Waals surface area contributed by atoms with Crippen molar-refractivity contribution in [2.45, 2.75) is 38.8 Å². The summed E-state index contributed by atoms with van der Waals surface area (Å²) in [5.74, 6) is -0.0833.